The summed E-state index contributed by atoms with van der Waals surface area (Å²) >= 11 is 5.03. The maximum atomic E-state index is 13.0. The Bertz CT molecular complexity index is 959. The van der Waals surface area contributed by atoms with Gasteiger partial charge in [-0.15, -0.1) is 0 Å². The first kappa shape index (κ1) is 22.7. The molecule has 0 aliphatic rings. The highest BCUT2D eigenvalue weighted by Gasteiger charge is 2.41. The summed E-state index contributed by atoms with van der Waals surface area (Å²) in [6.45, 7) is -1.68. The number of benzene rings is 2. The van der Waals surface area contributed by atoms with Gasteiger partial charge in [0.2, 0.25) is 0 Å². The van der Waals surface area contributed by atoms with E-state index >= 15 is 0 Å². The number of rotatable bonds is 8. The second-order valence-electron chi connectivity index (χ2n) is 5.71. The summed E-state index contributed by atoms with van der Waals surface area (Å²) in [6.07, 6.45) is -3.97. The Morgan fingerprint density at radius 3 is 2.10 bits per heavy atom. The van der Waals surface area contributed by atoms with Crippen molar-refractivity contribution in [1.82, 2.24) is 0 Å². The molecule has 30 heavy (non-hydrogen) atoms. The van der Waals surface area contributed by atoms with Crippen LogP contribution in [0.3, 0.4) is 0 Å². The molecule has 0 atom stereocenters. The van der Waals surface area contributed by atoms with Gasteiger partial charge in [0.1, 0.15) is 5.75 Å². The quantitative estimate of drug-likeness (QED) is 0.260. The lowest BCUT2D eigenvalue weighted by Crippen LogP contribution is -2.33. The molecule has 0 spiro atoms. The summed E-state index contributed by atoms with van der Waals surface area (Å²) in [5.41, 5.74) is -0.399. The molecule has 0 bridgehead atoms. The first-order valence-corrected chi connectivity index (χ1v) is 8.29. The van der Waals surface area contributed by atoms with E-state index in [1.54, 1.807) is 0 Å². The molecule has 0 heterocycles. The topological polar surface area (TPSA) is 120 Å². The molecule has 0 saturated heterocycles. The zero-order valence-corrected chi connectivity index (χ0v) is 15.5. The zero-order chi connectivity index (χ0) is 22.5. The summed E-state index contributed by atoms with van der Waals surface area (Å²) in [6, 6.07) is 8.02. The number of nitro benzene ring substituents is 2. The molecule has 2 aromatic rings. The molecule has 0 amide bonds. The highest BCUT2D eigenvalue weighted by atomic mass is 32.1. The van der Waals surface area contributed by atoms with Crippen molar-refractivity contribution in [1.29, 1.82) is 0 Å². The second kappa shape index (κ2) is 9.30. The van der Waals surface area contributed by atoms with E-state index < -0.39 is 40.2 Å². The highest BCUT2D eigenvalue weighted by molar-refractivity contribution is 7.80. The molecule has 9 nitrogen and oxygen atoms in total. The fourth-order valence-electron chi connectivity index (χ4n) is 2.05. The summed E-state index contributed by atoms with van der Waals surface area (Å²) in [5, 5.41) is 26.8. The Balaban J connectivity index is 2.13. The van der Waals surface area contributed by atoms with Crippen LogP contribution in [0.5, 0.6) is 5.75 Å². The van der Waals surface area contributed by atoms with Crippen LogP contribution < -0.4 is 15.4 Å². The van der Waals surface area contributed by atoms with Crippen molar-refractivity contribution in [3.8, 4) is 5.75 Å². The van der Waals surface area contributed by atoms with E-state index in [0.717, 1.165) is 18.2 Å². The third-order valence-electron chi connectivity index (χ3n) is 3.45. The number of hydrogen-bond acceptors (Lipinski definition) is 6. The number of thiocarbonyl (C=S) groups is 1. The van der Waals surface area contributed by atoms with Gasteiger partial charge in [0.25, 0.3) is 11.4 Å². The van der Waals surface area contributed by atoms with Crippen LogP contribution in [-0.4, -0.2) is 33.9 Å². The molecular weight excluding hydrogens is 436 g/mol. The molecule has 0 radical (unpaired) electrons. The van der Waals surface area contributed by atoms with Crippen LogP contribution in [0.25, 0.3) is 0 Å². The summed E-state index contributed by atoms with van der Waals surface area (Å²) in [4.78, 5) is 20.2. The van der Waals surface area contributed by atoms with Crippen molar-refractivity contribution < 1.29 is 32.1 Å². The van der Waals surface area contributed by atoms with Gasteiger partial charge in [-0.25, -0.2) is 8.78 Å². The molecule has 2 N–H and O–H groups in total. The number of halogens is 4. The Hall–Kier alpha value is -3.55. The van der Waals surface area contributed by atoms with Gasteiger partial charge >= 0.3 is 12.3 Å². The van der Waals surface area contributed by atoms with Gasteiger partial charge in [-0.2, -0.15) is 8.78 Å². The smallest absolute Gasteiger partial charge is 0.340 e. The summed E-state index contributed by atoms with van der Waals surface area (Å²) < 4.78 is 55.1. The van der Waals surface area contributed by atoms with Crippen LogP contribution in [0, 0.1) is 20.2 Å². The molecular formula is C16H12F4N4O5S. The number of hydrogen-bond donors (Lipinski definition) is 2. The normalized spacial score (nSPS) is 11.1. The lowest BCUT2D eigenvalue weighted by atomic mass is 10.2. The third kappa shape index (κ3) is 6.23. The fourth-order valence-corrected chi connectivity index (χ4v) is 2.28. The Morgan fingerprint density at radius 1 is 1.00 bits per heavy atom. The minimum atomic E-state index is -4.44. The monoisotopic (exact) mass is 448 g/mol. The van der Waals surface area contributed by atoms with Gasteiger partial charge in [-0.3, -0.25) is 20.2 Å². The molecule has 2 rings (SSSR count). The van der Waals surface area contributed by atoms with Crippen molar-refractivity contribution >= 4 is 40.1 Å². The number of nitrogens with one attached hydrogen (secondary N) is 2. The maximum absolute atomic E-state index is 13.0. The maximum Gasteiger partial charge on any atom is 0.340 e. The number of nitrogens with zero attached hydrogens (tertiary/aromatic N) is 2. The third-order valence-corrected chi connectivity index (χ3v) is 3.65. The number of alkyl halides is 4. The van der Waals surface area contributed by atoms with Crippen LogP contribution in [0.1, 0.15) is 0 Å². The Morgan fingerprint density at radius 2 is 1.57 bits per heavy atom. The van der Waals surface area contributed by atoms with Crippen molar-refractivity contribution in [3.05, 3.63) is 62.7 Å². The van der Waals surface area contributed by atoms with Gasteiger partial charge < -0.3 is 15.4 Å². The molecule has 0 aliphatic carbocycles. The second-order valence-corrected chi connectivity index (χ2v) is 6.11. The molecule has 0 saturated carbocycles. The Kier molecular flexibility index (Phi) is 7.05. The minimum Gasteiger partial charge on any atom is -0.487 e. The van der Waals surface area contributed by atoms with Crippen LogP contribution in [0.2, 0.25) is 0 Å². The van der Waals surface area contributed by atoms with E-state index in [0.29, 0.717) is 5.69 Å². The van der Waals surface area contributed by atoms with Crippen molar-refractivity contribution in [2.45, 2.75) is 12.3 Å². The molecule has 160 valence electrons. The van der Waals surface area contributed by atoms with Crippen LogP contribution in [-0.2, 0) is 0 Å². The lowest BCUT2D eigenvalue weighted by molar-refractivity contribution is -0.385. The largest absolute Gasteiger partial charge is 0.487 e. The summed E-state index contributed by atoms with van der Waals surface area (Å²) in [5.74, 6) is -4.89. The van der Waals surface area contributed by atoms with Crippen molar-refractivity contribution in [3.63, 3.8) is 0 Å². The molecule has 14 heteroatoms. The van der Waals surface area contributed by atoms with Crippen LogP contribution in [0.15, 0.2) is 42.5 Å². The number of anilines is 2. The van der Waals surface area contributed by atoms with E-state index in [1.807, 2.05) is 0 Å². The summed E-state index contributed by atoms with van der Waals surface area (Å²) in [7, 11) is 0. The van der Waals surface area contributed by atoms with E-state index in [9.17, 15) is 37.8 Å². The zero-order valence-electron chi connectivity index (χ0n) is 14.7. The SMILES string of the molecule is O=[N+]([O-])c1ccc(NC(=S)Nc2cc(OCC(F)(F)C(F)F)cc([N+](=O)[O-])c2)cc1. The van der Waals surface area contributed by atoms with E-state index in [-0.39, 0.29) is 16.5 Å². The van der Waals surface area contributed by atoms with Crippen LogP contribution in [0.4, 0.5) is 40.3 Å². The van der Waals surface area contributed by atoms with Gasteiger partial charge in [-0.1, -0.05) is 0 Å². The average Bonchev–Trinajstić information content (AvgIpc) is 2.66. The average molecular weight is 448 g/mol. The van der Waals surface area contributed by atoms with E-state index in [1.165, 1.54) is 24.3 Å². The molecule has 0 aromatic heterocycles. The fraction of sp³-hybridized carbons (Fsp3) is 0.188. The minimum absolute atomic E-state index is 0.0426. The van der Waals surface area contributed by atoms with Crippen molar-refractivity contribution in [2.24, 2.45) is 0 Å². The molecule has 2 aromatic carbocycles. The molecule has 0 fully saturated rings. The van der Waals surface area contributed by atoms with Gasteiger partial charge in [-0.05, 0) is 24.4 Å². The van der Waals surface area contributed by atoms with Gasteiger partial charge in [0.15, 0.2) is 11.7 Å². The van der Waals surface area contributed by atoms with E-state index in [2.05, 4.69) is 15.4 Å². The first-order chi connectivity index (χ1) is 14.0. The lowest BCUT2D eigenvalue weighted by Gasteiger charge is -2.16. The first-order valence-electron chi connectivity index (χ1n) is 7.88. The van der Waals surface area contributed by atoms with Gasteiger partial charge in [0, 0.05) is 30.0 Å². The number of non-ortho nitro benzene ring substituents is 2. The van der Waals surface area contributed by atoms with Crippen molar-refractivity contribution in [2.75, 3.05) is 17.2 Å². The number of ether oxygens (including phenoxy) is 1. The Labute approximate surface area is 170 Å². The number of nitro groups is 2. The molecule has 0 unspecified atom stereocenters. The van der Waals surface area contributed by atoms with Crippen LogP contribution >= 0.6 is 12.2 Å². The predicted octanol–water partition coefficient (Wildman–Crippen LogP) is 4.59. The predicted molar refractivity (Wildman–Crippen MR) is 102 cm³/mol. The molecule has 0 aliphatic heterocycles. The van der Waals surface area contributed by atoms with E-state index in [4.69, 9.17) is 12.2 Å². The standard InChI is InChI=1S/C16H12F4N4O5S/c17-14(18)16(19,20)8-29-13-6-10(5-12(7-13)24(27)28)22-15(30)21-9-1-3-11(4-2-9)23(25)26/h1-7,14H,8H2,(H2,21,22,30). The highest BCUT2D eigenvalue weighted by Crippen LogP contribution is 2.29. The van der Waals surface area contributed by atoms with Gasteiger partial charge in [0.05, 0.1) is 21.6 Å².